The summed E-state index contributed by atoms with van der Waals surface area (Å²) in [7, 11) is 0. The van der Waals surface area contributed by atoms with E-state index in [1.165, 1.54) is 24.3 Å². The lowest BCUT2D eigenvalue weighted by molar-refractivity contribution is 0.292. The van der Waals surface area contributed by atoms with Crippen LogP contribution in [0.15, 0.2) is 71.3 Å². The van der Waals surface area contributed by atoms with Crippen LogP contribution < -0.4 is 4.74 Å². The van der Waals surface area contributed by atoms with Crippen molar-refractivity contribution >= 4 is 0 Å². The molecule has 0 unspecified atom stereocenters. The monoisotopic (exact) mass is 382 g/mol. The van der Waals surface area contributed by atoms with Crippen LogP contribution in [0.4, 0.5) is 13.2 Å². The summed E-state index contributed by atoms with van der Waals surface area (Å²) in [6.45, 7) is -0.239. The van der Waals surface area contributed by atoms with E-state index in [1.54, 1.807) is 42.5 Å². The fourth-order valence-corrected chi connectivity index (χ4v) is 2.61. The van der Waals surface area contributed by atoms with Gasteiger partial charge in [0.2, 0.25) is 5.82 Å². The Balaban J connectivity index is 1.49. The van der Waals surface area contributed by atoms with Gasteiger partial charge in [0, 0.05) is 5.56 Å². The molecule has 0 bridgehead atoms. The minimum absolute atomic E-state index is 0.0726. The molecular formula is C21H13F3N2O2. The largest absolute Gasteiger partial charge is 0.489 e. The molecule has 0 fully saturated rings. The predicted octanol–water partition coefficient (Wildman–Crippen LogP) is 5.40. The number of aromatic nitrogens is 2. The van der Waals surface area contributed by atoms with Crippen LogP contribution >= 0.6 is 0 Å². The van der Waals surface area contributed by atoms with Crippen LogP contribution in [0.2, 0.25) is 0 Å². The van der Waals surface area contributed by atoms with E-state index < -0.39 is 17.5 Å². The first-order valence-electron chi connectivity index (χ1n) is 8.36. The number of rotatable bonds is 5. The van der Waals surface area contributed by atoms with Gasteiger partial charge >= 0.3 is 0 Å². The minimum atomic E-state index is -0.663. The Hall–Kier alpha value is -3.61. The number of benzene rings is 3. The lowest BCUT2D eigenvalue weighted by Gasteiger charge is -2.08. The molecule has 4 rings (SSSR count). The smallest absolute Gasteiger partial charge is 0.261 e. The average Bonchev–Trinajstić information content (AvgIpc) is 3.18. The SMILES string of the molecule is Fc1ccccc1-c1nc(-c2ccc(OCc3c(F)cccc3F)cc2)no1. The van der Waals surface area contributed by atoms with Gasteiger partial charge in [-0.3, -0.25) is 0 Å². The molecule has 0 spiro atoms. The first-order chi connectivity index (χ1) is 13.6. The quantitative estimate of drug-likeness (QED) is 0.464. The van der Waals surface area contributed by atoms with Gasteiger partial charge < -0.3 is 9.26 Å². The number of nitrogens with zero attached hydrogens (tertiary/aromatic N) is 2. The maximum Gasteiger partial charge on any atom is 0.261 e. The van der Waals surface area contributed by atoms with Crippen LogP contribution in [0.1, 0.15) is 5.56 Å². The van der Waals surface area contributed by atoms with Crippen LogP contribution in [-0.4, -0.2) is 10.1 Å². The van der Waals surface area contributed by atoms with E-state index in [-0.39, 0.29) is 29.4 Å². The highest BCUT2D eigenvalue weighted by molar-refractivity contribution is 5.60. The fraction of sp³-hybridized carbons (Fsp3) is 0.0476. The maximum absolute atomic E-state index is 13.8. The van der Waals surface area contributed by atoms with Gasteiger partial charge in [0.1, 0.15) is 29.8 Å². The van der Waals surface area contributed by atoms with Gasteiger partial charge in [-0.15, -0.1) is 0 Å². The zero-order valence-electron chi connectivity index (χ0n) is 14.4. The van der Waals surface area contributed by atoms with Crippen LogP contribution in [0.25, 0.3) is 22.8 Å². The van der Waals surface area contributed by atoms with Crippen molar-refractivity contribution in [1.82, 2.24) is 10.1 Å². The lowest BCUT2D eigenvalue weighted by atomic mass is 10.2. The van der Waals surface area contributed by atoms with Crippen LogP contribution in [0.5, 0.6) is 5.75 Å². The summed E-state index contributed by atoms with van der Waals surface area (Å²) in [5, 5.41) is 3.86. The van der Waals surface area contributed by atoms with Crippen LogP contribution in [0, 0.1) is 17.5 Å². The van der Waals surface area contributed by atoms with E-state index in [0.717, 1.165) is 0 Å². The van der Waals surface area contributed by atoms with Crippen molar-refractivity contribution in [3.63, 3.8) is 0 Å². The summed E-state index contributed by atoms with van der Waals surface area (Å²) >= 11 is 0. The second-order valence-electron chi connectivity index (χ2n) is 5.92. The van der Waals surface area contributed by atoms with E-state index in [2.05, 4.69) is 10.1 Å². The van der Waals surface area contributed by atoms with Gasteiger partial charge in [-0.1, -0.05) is 23.4 Å². The molecule has 0 radical (unpaired) electrons. The Morgan fingerprint density at radius 2 is 1.46 bits per heavy atom. The molecule has 0 aliphatic carbocycles. The van der Waals surface area contributed by atoms with E-state index in [4.69, 9.17) is 9.26 Å². The van der Waals surface area contributed by atoms with Gasteiger partial charge in [0.25, 0.3) is 5.89 Å². The third-order valence-electron chi connectivity index (χ3n) is 4.09. The Morgan fingerprint density at radius 1 is 0.786 bits per heavy atom. The van der Waals surface area contributed by atoms with Crippen molar-refractivity contribution in [2.75, 3.05) is 0 Å². The highest BCUT2D eigenvalue weighted by atomic mass is 19.1. The molecule has 0 aliphatic rings. The number of ether oxygens (including phenoxy) is 1. The topological polar surface area (TPSA) is 48.2 Å². The molecule has 4 nitrogen and oxygen atoms in total. The van der Waals surface area contributed by atoms with E-state index in [1.807, 2.05) is 0 Å². The molecule has 1 heterocycles. The van der Waals surface area contributed by atoms with Gasteiger partial charge in [-0.25, -0.2) is 13.2 Å². The summed E-state index contributed by atoms with van der Waals surface area (Å²) in [5.41, 5.74) is 0.697. The molecular weight excluding hydrogens is 369 g/mol. The normalized spacial score (nSPS) is 10.8. The molecule has 0 atom stereocenters. The van der Waals surface area contributed by atoms with Crippen molar-refractivity contribution in [1.29, 1.82) is 0 Å². The minimum Gasteiger partial charge on any atom is -0.489 e. The zero-order valence-corrected chi connectivity index (χ0v) is 14.4. The molecule has 0 saturated carbocycles. The van der Waals surface area contributed by atoms with Crippen molar-refractivity contribution < 1.29 is 22.4 Å². The highest BCUT2D eigenvalue weighted by Gasteiger charge is 2.14. The summed E-state index contributed by atoms with van der Waals surface area (Å²) in [6, 6.07) is 16.3. The molecule has 7 heteroatoms. The molecule has 28 heavy (non-hydrogen) atoms. The second kappa shape index (κ2) is 7.56. The zero-order chi connectivity index (χ0) is 19.5. The molecule has 0 amide bonds. The third kappa shape index (κ3) is 3.59. The molecule has 0 aliphatic heterocycles. The molecule has 140 valence electrons. The molecule has 3 aromatic carbocycles. The Labute approximate surface area is 158 Å². The van der Waals surface area contributed by atoms with Crippen molar-refractivity contribution in [3.8, 4) is 28.6 Å². The molecule has 0 N–H and O–H groups in total. The van der Waals surface area contributed by atoms with Gasteiger partial charge in [-0.2, -0.15) is 4.98 Å². The van der Waals surface area contributed by atoms with Gasteiger partial charge in [0.15, 0.2) is 0 Å². The second-order valence-corrected chi connectivity index (χ2v) is 5.92. The van der Waals surface area contributed by atoms with Crippen molar-refractivity contribution in [3.05, 3.63) is 89.7 Å². The summed E-state index contributed by atoms with van der Waals surface area (Å²) in [6.07, 6.45) is 0. The standard InChI is InChI=1S/C21H13F3N2O2/c22-17-5-2-1-4-15(17)21-25-20(26-28-21)13-8-10-14(11-9-13)27-12-16-18(23)6-3-7-19(16)24/h1-11H,12H2. The van der Waals surface area contributed by atoms with E-state index >= 15 is 0 Å². The molecule has 1 aromatic heterocycles. The highest BCUT2D eigenvalue weighted by Crippen LogP contribution is 2.26. The van der Waals surface area contributed by atoms with Crippen molar-refractivity contribution in [2.24, 2.45) is 0 Å². The first-order valence-corrected chi connectivity index (χ1v) is 8.36. The third-order valence-corrected chi connectivity index (χ3v) is 4.09. The molecule has 0 saturated heterocycles. The lowest BCUT2D eigenvalue weighted by Crippen LogP contribution is -2.01. The Bertz CT molecular complexity index is 1090. The maximum atomic E-state index is 13.8. The summed E-state index contributed by atoms with van der Waals surface area (Å²) < 4.78 is 51.7. The number of halogens is 3. The Kier molecular flexibility index (Phi) is 4.80. The van der Waals surface area contributed by atoms with Crippen LogP contribution in [0.3, 0.4) is 0 Å². The summed E-state index contributed by atoms with van der Waals surface area (Å²) in [5.74, 6) is -1.01. The summed E-state index contributed by atoms with van der Waals surface area (Å²) in [4.78, 5) is 4.20. The molecule has 4 aromatic rings. The van der Waals surface area contributed by atoms with Crippen LogP contribution in [-0.2, 0) is 6.61 Å². The number of hydrogen-bond donors (Lipinski definition) is 0. The number of hydrogen-bond acceptors (Lipinski definition) is 4. The first kappa shape index (κ1) is 17.8. The van der Waals surface area contributed by atoms with Crippen molar-refractivity contribution in [2.45, 2.75) is 6.61 Å². The van der Waals surface area contributed by atoms with E-state index in [0.29, 0.717) is 11.3 Å². The fourth-order valence-electron chi connectivity index (χ4n) is 2.61. The van der Waals surface area contributed by atoms with Gasteiger partial charge in [-0.05, 0) is 48.5 Å². The van der Waals surface area contributed by atoms with E-state index in [9.17, 15) is 13.2 Å². The predicted molar refractivity (Wildman–Crippen MR) is 95.8 cm³/mol. The average molecular weight is 382 g/mol. The van der Waals surface area contributed by atoms with Gasteiger partial charge in [0.05, 0.1) is 11.1 Å². The Morgan fingerprint density at radius 3 is 2.18 bits per heavy atom.